The second kappa shape index (κ2) is 5.10. The first-order chi connectivity index (χ1) is 6.90. The molecule has 0 spiro atoms. The maximum absolute atomic E-state index is 5.85. The number of rotatable bonds is 4. The first kappa shape index (κ1) is 10.4. The third-order valence-corrected chi connectivity index (χ3v) is 3.66. The zero-order valence-electron chi connectivity index (χ0n) is 8.95. The summed E-state index contributed by atoms with van der Waals surface area (Å²) in [6.45, 7) is 4.75. The molecule has 3 nitrogen and oxygen atoms in total. The van der Waals surface area contributed by atoms with E-state index >= 15 is 0 Å². The molecule has 3 heteroatoms. The SMILES string of the molecule is NCC(CC1CCC1)N1CCOCC1. The lowest BCUT2D eigenvalue weighted by atomic mass is 9.80. The highest BCUT2D eigenvalue weighted by Gasteiger charge is 2.26. The summed E-state index contributed by atoms with van der Waals surface area (Å²) >= 11 is 0. The highest BCUT2D eigenvalue weighted by atomic mass is 16.5. The fourth-order valence-electron chi connectivity index (χ4n) is 2.45. The standard InChI is InChI=1S/C11H22N2O/c12-9-11(8-10-2-1-3-10)13-4-6-14-7-5-13/h10-11H,1-9,12H2. The van der Waals surface area contributed by atoms with Gasteiger partial charge in [0.25, 0.3) is 0 Å². The molecule has 0 aromatic heterocycles. The number of nitrogens with zero attached hydrogens (tertiary/aromatic N) is 1. The van der Waals surface area contributed by atoms with E-state index in [4.69, 9.17) is 10.5 Å². The second-order valence-electron chi connectivity index (χ2n) is 4.57. The monoisotopic (exact) mass is 198 g/mol. The van der Waals surface area contributed by atoms with Gasteiger partial charge in [0.15, 0.2) is 0 Å². The summed E-state index contributed by atoms with van der Waals surface area (Å²) in [6, 6.07) is 0.615. The van der Waals surface area contributed by atoms with E-state index in [9.17, 15) is 0 Å². The van der Waals surface area contributed by atoms with Gasteiger partial charge < -0.3 is 10.5 Å². The van der Waals surface area contributed by atoms with Crippen LogP contribution in [0.3, 0.4) is 0 Å². The molecule has 1 aliphatic carbocycles. The van der Waals surface area contributed by atoms with E-state index in [1.807, 2.05) is 0 Å². The molecule has 1 atom stereocenters. The minimum Gasteiger partial charge on any atom is -0.379 e. The molecule has 2 aliphatic rings. The molecule has 0 aromatic rings. The minimum atomic E-state index is 0.615. The van der Waals surface area contributed by atoms with Gasteiger partial charge in [-0.25, -0.2) is 0 Å². The molecule has 1 saturated heterocycles. The largest absolute Gasteiger partial charge is 0.379 e. The lowest BCUT2D eigenvalue weighted by Gasteiger charge is -2.37. The van der Waals surface area contributed by atoms with Gasteiger partial charge in [0, 0.05) is 25.7 Å². The molecule has 1 saturated carbocycles. The van der Waals surface area contributed by atoms with Crippen molar-refractivity contribution in [3.8, 4) is 0 Å². The molecule has 82 valence electrons. The predicted octanol–water partition coefficient (Wildman–Crippen LogP) is 0.836. The van der Waals surface area contributed by atoms with Crippen molar-refractivity contribution in [2.45, 2.75) is 31.7 Å². The smallest absolute Gasteiger partial charge is 0.0594 e. The maximum Gasteiger partial charge on any atom is 0.0594 e. The van der Waals surface area contributed by atoms with Crippen molar-refractivity contribution in [1.29, 1.82) is 0 Å². The zero-order chi connectivity index (χ0) is 9.80. The lowest BCUT2D eigenvalue weighted by molar-refractivity contribution is 0.0103. The normalized spacial score (nSPS) is 27.2. The van der Waals surface area contributed by atoms with Crippen molar-refractivity contribution in [2.24, 2.45) is 11.7 Å². The number of hydrogen-bond donors (Lipinski definition) is 1. The van der Waals surface area contributed by atoms with Crippen molar-refractivity contribution in [3.05, 3.63) is 0 Å². The molecule has 1 unspecified atom stereocenters. The molecule has 0 aromatic carbocycles. The van der Waals surface area contributed by atoms with Gasteiger partial charge in [0.1, 0.15) is 0 Å². The average Bonchev–Trinajstić information content (AvgIpc) is 2.18. The summed E-state index contributed by atoms with van der Waals surface area (Å²) in [4.78, 5) is 2.52. The first-order valence-corrected chi connectivity index (χ1v) is 5.92. The van der Waals surface area contributed by atoms with E-state index in [0.717, 1.165) is 38.8 Å². The number of ether oxygens (including phenoxy) is 1. The van der Waals surface area contributed by atoms with Crippen LogP contribution in [-0.4, -0.2) is 43.8 Å². The second-order valence-corrected chi connectivity index (χ2v) is 4.57. The van der Waals surface area contributed by atoms with E-state index < -0.39 is 0 Å². The summed E-state index contributed by atoms with van der Waals surface area (Å²) in [5.74, 6) is 0.964. The molecule has 0 radical (unpaired) electrons. The molecule has 0 amide bonds. The predicted molar refractivity (Wildman–Crippen MR) is 57.2 cm³/mol. The summed E-state index contributed by atoms with van der Waals surface area (Å²) < 4.78 is 5.36. The van der Waals surface area contributed by atoms with Crippen LogP contribution in [0.25, 0.3) is 0 Å². The van der Waals surface area contributed by atoms with Crippen LogP contribution in [0.2, 0.25) is 0 Å². The van der Waals surface area contributed by atoms with Gasteiger partial charge in [-0.1, -0.05) is 19.3 Å². The van der Waals surface area contributed by atoms with Crippen LogP contribution in [0.1, 0.15) is 25.7 Å². The molecule has 14 heavy (non-hydrogen) atoms. The van der Waals surface area contributed by atoms with Crippen LogP contribution in [0.5, 0.6) is 0 Å². The van der Waals surface area contributed by atoms with Crippen LogP contribution in [0.4, 0.5) is 0 Å². The Balaban J connectivity index is 1.77. The first-order valence-electron chi connectivity index (χ1n) is 5.92. The van der Waals surface area contributed by atoms with E-state index in [1.165, 1.54) is 25.7 Å². The maximum atomic E-state index is 5.85. The molecule has 1 aliphatic heterocycles. The Morgan fingerprint density at radius 1 is 1.29 bits per heavy atom. The molecule has 2 fully saturated rings. The third kappa shape index (κ3) is 2.47. The lowest BCUT2D eigenvalue weighted by Crippen LogP contribution is -2.48. The van der Waals surface area contributed by atoms with Gasteiger partial charge in [-0.3, -0.25) is 4.90 Å². The Morgan fingerprint density at radius 2 is 2.00 bits per heavy atom. The quantitative estimate of drug-likeness (QED) is 0.727. The Labute approximate surface area is 86.6 Å². The summed E-state index contributed by atoms with van der Waals surface area (Å²) in [5, 5.41) is 0. The van der Waals surface area contributed by atoms with Crippen LogP contribution >= 0.6 is 0 Å². The molecular formula is C11H22N2O. The Morgan fingerprint density at radius 3 is 2.50 bits per heavy atom. The molecular weight excluding hydrogens is 176 g/mol. The summed E-state index contributed by atoms with van der Waals surface area (Å²) in [5.41, 5.74) is 5.85. The Hall–Kier alpha value is -0.120. The fourth-order valence-corrected chi connectivity index (χ4v) is 2.45. The summed E-state index contributed by atoms with van der Waals surface area (Å²) in [7, 11) is 0. The molecule has 2 rings (SSSR count). The number of morpholine rings is 1. The average molecular weight is 198 g/mol. The molecule has 1 heterocycles. The van der Waals surface area contributed by atoms with E-state index in [2.05, 4.69) is 4.90 Å². The van der Waals surface area contributed by atoms with Gasteiger partial charge in [-0.2, -0.15) is 0 Å². The Kier molecular flexibility index (Phi) is 3.79. The van der Waals surface area contributed by atoms with Crippen LogP contribution in [0, 0.1) is 5.92 Å². The fraction of sp³-hybridized carbons (Fsp3) is 1.00. The number of nitrogens with two attached hydrogens (primary N) is 1. The topological polar surface area (TPSA) is 38.5 Å². The highest BCUT2D eigenvalue weighted by molar-refractivity contribution is 4.81. The van der Waals surface area contributed by atoms with E-state index in [-0.39, 0.29) is 0 Å². The van der Waals surface area contributed by atoms with Crippen molar-refractivity contribution < 1.29 is 4.74 Å². The van der Waals surface area contributed by atoms with E-state index in [1.54, 1.807) is 0 Å². The van der Waals surface area contributed by atoms with Gasteiger partial charge in [-0.15, -0.1) is 0 Å². The van der Waals surface area contributed by atoms with Crippen molar-refractivity contribution in [2.75, 3.05) is 32.8 Å². The third-order valence-electron chi connectivity index (χ3n) is 3.66. The van der Waals surface area contributed by atoms with Crippen LogP contribution in [0.15, 0.2) is 0 Å². The van der Waals surface area contributed by atoms with E-state index in [0.29, 0.717) is 6.04 Å². The summed E-state index contributed by atoms with van der Waals surface area (Å²) in [6.07, 6.45) is 5.61. The number of hydrogen-bond acceptors (Lipinski definition) is 3. The van der Waals surface area contributed by atoms with Crippen molar-refractivity contribution >= 4 is 0 Å². The zero-order valence-corrected chi connectivity index (χ0v) is 8.95. The minimum absolute atomic E-state index is 0.615. The molecule has 0 bridgehead atoms. The van der Waals surface area contributed by atoms with Crippen molar-refractivity contribution in [3.63, 3.8) is 0 Å². The van der Waals surface area contributed by atoms with Crippen molar-refractivity contribution in [1.82, 2.24) is 4.90 Å². The van der Waals surface area contributed by atoms with Crippen LogP contribution < -0.4 is 5.73 Å². The molecule has 2 N–H and O–H groups in total. The highest BCUT2D eigenvalue weighted by Crippen LogP contribution is 2.31. The van der Waals surface area contributed by atoms with Gasteiger partial charge >= 0.3 is 0 Å². The Bertz CT molecular complexity index is 165. The van der Waals surface area contributed by atoms with Gasteiger partial charge in [0.2, 0.25) is 0 Å². The van der Waals surface area contributed by atoms with Crippen LogP contribution in [-0.2, 0) is 4.74 Å². The van der Waals surface area contributed by atoms with Gasteiger partial charge in [0.05, 0.1) is 13.2 Å². The van der Waals surface area contributed by atoms with Gasteiger partial charge in [-0.05, 0) is 12.3 Å².